The van der Waals surface area contributed by atoms with Crippen LogP contribution in [0.25, 0.3) is 0 Å². The van der Waals surface area contributed by atoms with Crippen molar-refractivity contribution < 1.29 is 4.79 Å². The average molecular weight is 188 g/mol. The molecule has 1 aliphatic rings. The summed E-state index contributed by atoms with van der Waals surface area (Å²) in [5, 5.41) is 0. The minimum atomic E-state index is 0.0396. The number of Topliss-reactive ketones (excluding diaryl/α,β-unsaturated/α-hetero) is 1. The van der Waals surface area contributed by atoms with Crippen molar-refractivity contribution in [3.63, 3.8) is 0 Å². The van der Waals surface area contributed by atoms with Gasteiger partial charge in [0.05, 0.1) is 6.20 Å². The van der Waals surface area contributed by atoms with Gasteiger partial charge in [0.2, 0.25) is 5.78 Å². The van der Waals surface area contributed by atoms with E-state index in [1.165, 1.54) is 12.6 Å². The van der Waals surface area contributed by atoms with Gasteiger partial charge in [0.25, 0.3) is 0 Å². The Kier molecular flexibility index (Phi) is 2.68. The topological polar surface area (TPSA) is 42.9 Å². The summed E-state index contributed by atoms with van der Waals surface area (Å²) in [6, 6.07) is 0. The van der Waals surface area contributed by atoms with Gasteiger partial charge in [-0.3, -0.25) is 9.78 Å². The van der Waals surface area contributed by atoms with E-state index in [1.54, 1.807) is 12.4 Å². The molecule has 1 aromatic heterocycles. The fourth-order valence-corrected chi connectivity index (χ4v) is 1.63. The Balaban J connectivity index is 2.20. The Labute approximate surface area is 82.9 Å². The van der Waals surface area contributed by atoms with Gasteiger partial charge in [0.15, 0.2) is 0 Å². The number of rotatable bonds is 2. The number of carbonyl (C=O) groups is 1. The molecule has 0 fully saturated rings. The van der Waals surface area contributed by atoms with Crippen LogP contribution in [0.4, 0.5) is 0 Å². The lowest BCUT2D eigenvalue weighted by atomic mass is 9.95. The van der Waals surface area contributed by atoms with E-state index < -0.39 is 0 Å². The lowest BCUT2D eigenvalue weighted by Gasteiger charge is -2.10. The van der Waals surface area contributed by atoms with Crippen molar-refractivity contribution in [3.8, 4) is 0 Å². The molecule has 14 heavy (non-hydrogen) atoms. The Morgan fingerprint density at radius 1 is 1.29 bits per heavy atom. The summed E-state index contributed by atoms with van der Waals surface area (Å²) in [5.74, 6) is 0.0396. The molecule has 1 aliphatic carbocycles. The molecule has 0 aliphatic heterocycles. The van der Waals surface area contributed by atoms with Crippen molar-refractivity contribution in [2.24, 2.45) is 0 Å². The molecular formula is C11H12N2O. The van der Waals surface area contributed by atoms with Crippen molar-refractivity contribution in [1.82, 2.24) is 9.97 Å². The Morgan fingerprint density at radius 3 is 2.86 bits per heavy atom. The molecule has 3 heteroatoms. The van der Waals surface area contributed by atoms with E-state index in [1.807, 2.05) is 6.08 Å². The monoisotopic (exact) mass is 188 g/mol. The van der Waals surface area contributed by atoms with Crippen molar-refractivity contribution >= 4 is 5.78 Å². The van der Waals surface area contributed by atoms with Crippen molar-refractivity contribution in [1.29, 1.82) is 0 Å². The second-order valence-corrected chi connectivity index (χ2v) is 3.39. The Morgan fingerprint density at radius 2 is 2.21 bits per heavy atom. The first kappa shape index (κ1) is 9.06. The molecule has 1 aromatic rings. The van der Waals surface area contributed by atoms with Crippen LogP contribution in [0.15, 0.2) is 30.2 Å². The van der Waals surface area contributed by atoms with E-state index in [0.717, 1.165) is 24.8 Å². The minimum Gasteiger partial charge on any atom is -0.287 e. The molecule has 0 amide bonds. The third-order valence-electron chi connectivity index (χ3n) is 2.38. The van der Waals surface area contributed by atoms with Gasteiger partial charge in [-0.05, 0) is 31.3 Å². The summed E-state index contributed by atoms with van der Waals surface area (Å²) in [6.07, 6.45) is 10.9. The number of allylic oxidation sites excluding steroid dienone is 2. The van der Waals surface area contributed by atoms with Gasteiger partial charge >= 0.3 is 0 Å². The second kappa shape index (κ2) is 4.13. The zero-order valence-electron chi connectivity index (χ0n) is 7.94. The SMILES string of the molecule is O=C(C1=CCCCC1)c1cnccn1. The summed E-state index contributed by atoms with van der Waals surface area (Å²) >= 11 is 0. The van der Waals surface area contributed by atoms with Gasteiger partial charge in [-0.2, -0.15) is 0 Å². The number of hydrogen-bond acceptors (Lipinski definition) is 3. The molecule has 0 unspecified atom stereocenters. The predicted molar refractivity (Wildman–Crippen MR) is 52.9 cm³/mol. The van der Waals surface area contributed by atoms with Gasteiger partial charge in [0.1, 0.15) is 5.69 Å². The molecule has 72 valence electrons. The normalized spacial score (nSPS) is 16.1. The predicted octanol–water partition coefficient (Wildman–Crippen LogP) is 2.16. The number of ketones is 1. The minimum absolute atomic E-state index is 0.0396. The number of nitrogens with zero attached hydrogens (tertiary/aromatic N) is 2. The zero-order valence-corrected chi connectivity index (χ0v) is 7.94. The lowest BCUT2D eigenvalue weighted by molar-refractivity contribution is 0.102. The number of carbonyl (C=O) groups excluding carboxylic acids is 1. The average Bonchev–Trinajstić information content (AvgIpc) is 2.30. The van der Waals surface area contributed by atoms with Crippen molar-refractivity contribution in [2.45, 2.75) is 25.7 Å². The van der Waals surface area contributed by atoms with Crippen LogP contribution in [-0.2, 0) is 0 Å². The molecule has 3 nitrogen and oxygen atoms in total. The van der Waals surface area contributed by atoms with Crippen molar-refractivity contribution in [3.05, 3.63) is 35.9 Å². The molecular weight excluding hydrogens is 176 g/mol. The fourth-order valence-electron chi connectivity index (χ4n) is 1.63. The molecule has 1 heterocycles. The van der Waals surface area contributed by atoms with Crippen LogP contribution in [0.2, 0.25) is 0 Å². The van der Waals surface area contributed by atoms with Crippen LogP contribution in [0, 0.1) is 0 Å². The maximum absolute atomic E-state index is 11.8. The fraction of sp³-hybridized carbons (Fsp3) is 0.364. The molecule has 0 aromatic carbocycles. The summed E-state index contributed by atoms with van der Waals surface area (Å²) in [5.41, 5.74) is 1.36. The maximum Gasteiger partial charge on any atom is 0.208 e. The Bertz CT molecular complexity index is 357. The van der Waals surface area contributed by atoms with Crippen LogP contribution in [0.1, 0.15) is 36.2 Å². The van der Waals surface area contributed by atoms with Crippen LogP contribution in [-0.4, -0.2) is 15.8 Å². The largest absolute Gasteiger partial charge is 0.287 e. The van der Waals surface area contributed by atoms with E-state index in [4.69, 9.17) is 0 Å². The zero-order chi connectivity index (χ0) is 9.80. The molecule has 0 N–H and O–H groups in total. The van der Waals surface area contributed by atoms with Crippen molar-refractivity contribution in [2.75, 3.05) is 0 Å². The smallest absolute Gasteiger partial charge is 0.208 e. The molecule has 0 saturated heterocycles. The maximum atomic E-state index is 11.8. The van der Waals surface area contributed by atoms with Crippen LogP contribution in [0.5, 0.6) is 0 Å². The Hall–Kier alpha value is -1.51. The quantitative estimate of drug-likeness (QED) is 0.668. The highest BCUT2D eigenvalue weighted by molar-refractivity contribution is 6.07. The van der Waals surface area contributed by atoms with Crippen LogP contribution in [0.3, 0.4) is 0 Å². The molecule has 0 atom stereocenters. The van der Waals surface area contributed by atoms with E-state index in [9.17, 15) is 4.79 Å². The number of aromatic nitrogens is 2. The highest BCUT2D eigenvalue weighted by Crippen LogP contribution is 2.19. The third kappa shape index (κ3) is 1.87. The van der Waals surface area contributed by atoms with Crippen LogP contribution < -0.4 is 0 Å². The first-order valence-corrected chi connectivity index (χ1v) is 4.87. The summed E-state index contributed by atoms with van der Waals surface area (Å²) in [7, 11) is 0. The molecule has 0 bridgehead atoms. The standard InChI is InChI=1S/C11H12N2O/c14-11(9-4-2-1-3-5-9)10-8-12-6-7-13-10/h4,6-8H,1-3,5H2. The highest BCUT2D eigenvalue weighted by Gasteiger charge is 2.15. The first-order valence-electron chi connectivity index (χ1n) is 4.87. The van der Waals surface area contributed by atoms with Gasteiger partial charge in [-0.1, -0.05) is 6.08 Å². The molecule has 0 saturated carbocycles. The summed E-state index contributed by atoms with van der Waals surface area (Å²) in [4.78, 5) is 19.7. The lowest BCUT2D eigenvalue weighted by Crippen LogP contribution is -2.08. The highest BCUT2D eigenvalue weighted by atomic mass is 16.1. The van der Waals surface area contributed by atoms with Crippen LogP contribution >= 0.6 is 0 Å². The first-order chi connectivity index (χ1) is 6.88. The van der Waals surface area contributed by atoms with E-state index in [-0.39, 0.29) is 5.78 Å². The van der Waals surface area contributed by atoms with Gasteiger partial charge in [0, 0.05) is 12.4 Å². The molecule has 2 rings (SSSR count). The van der Waals surface area contributed by atoms with Gasteiger partial charge in [-0.15, -0.1) is 0 Å². The van der Waals surface area contributed by atoms with Gasteiger partial charge in [-0.25, -0.2) is 4.98 Å². The molecule has 0 radical (unpaired) electrons. The van der Waals surface area contributed by atoms with E-state index in [0.29, 0.717) is 5.69 Å². The van der Waals surface area contributed by atoms with Gasteiger partial charge < -0.3 is 0 Å². The summed E-state index contributed by atoms with van der Waals surface area (Å²) < 4.78 is 0. The summed E-state index contributed by atoms with van der Waals surface area (Å²) in [6.45, 7) is 0. The third-order valence-corrected chi connectivity index (χ3v) is 2.38. The molecule has 0 spiro atoms. The number of hydrogen-bond donors (Lipinski definition) is 0. The van der Waals surface area contributed by atoms with E-state index in [2.05, 4.69) is 9.97 Å². The second-order valence-electron chi connectivity index (χ2n) is 3.39. The van der Waals surface area contributed by atoms with E-state index >= 15 is 0 Å².